The summed E-state index contributed by atoms with van der Waals surface area (Å²) in [4.78, 5) is 27.5. The van der Waals surface area contributed by atoms with Gasteiger partial charge in [-0.05, 0) is 30.3 Å². The molecule has 0 spiro atoms. The van der Waals surface area contributed by atoms with Gasteiger partial charge in [-0.25, -0.2) is 0 Å². The number of carbonyl (C=O) groups excluding carboxylic acids is 2. The van der Waals surface area contributed by atoms with Crippen molar-refractivity contribution in [3.8, 4) is 5.69 Å². The van der Waals surface area contributed by atoms with Crippen LogP contribution in [0, 0.1) is 0 Å². The summed E-state index contributed by atoms with van der Waals surface area (Å²) in [6.07, 6.45) is 3.91. The van der Waals surface area contributed by atoms with Crippen molar-refractivity contribution in [1.82, 2.24) is 14.4 Å². The first kappa shape index (κ1) is 14.4. The van der Waals surface area contributed by atoms with Crippen molar-refractivity contribution in [1.29, 1.82) is 0 Å². The summed E-state index contributed by atoms with van der Waals surface area (Å²) in [6, 6.07) is 11.5. The van der Waals surface area contributed by atoms with E-state index in [1.54, 1.807) is 11.8 Å². The first-order chi connectivity index (χ1) is 10.6. The highest BCUT2D eigenvalue weighted by atomic mass is 16.2. The number of hydrogen-bond acceptors (Lipinski definition) is 2. The molecule has 0 unspecified atom stereocenters. The van der Waals surface area contributed by atoms with E-state index in [1.807, 2.05) is 58.3 Å². The third-order valence-electron chi connectivity index (χ3n) is 4.01. The van der Waals surface area contributed by atoms with Gasteiger partial charge in [-0.1, -0.05) is 6.07 Å². The van der Waals surface area contributed by atoms with Crippen molar-refractivity contribution in [2.45, 2.75) is 6.92 Å². The van der Waals surface area contributed by atoms with Crippen LogP contribution in [-0.2, 0) is 4.79 Å². The van der Waals surface area contributed by atoms with E-state index in [2.05, 4.69) is 0 Å². The molecule has 1 aromatic heterocycles. The summed E-state index contributed by atoms with van der Waals surface area (Å²) in [5.41, 5.74) is 1.65. The van der Waals surface area contributed by atoms with Crippen LogP contribution >= 0.6 is 0 Å². The zero-order valence-electron chi connectivity index (χ0n) is 12.6. The number of aromatic nitrogens is 1. The fraction of sp³-hybridized carbons (Fsp3) is 0.294. The second kappa shape index (κ2) is 6.05. The van der Waals surface area contributed by atoms with Gasteiger partial charge in [-0.15, -0.1) is 0 Å². The van der Waals surface area contributed by atoms with E-state index in [9.17, 15) is 9.59 Å². The monoisotopic (exact) mass is 297 g/mol. The third-order valence-corrected chi connectivity index (χ3v) is 4.01. The molecule has 3 rings (SSSR count). The van der Waals surface area contributed by atoms with E-state index < -0.39 is 0 Å². The van der Waals surface area contributed by atoms with Crippen LogP contribution in [0.5, 0.6) is 0 Å². The van der Waals surface area contributed by atoms with Crippen molar-refractivity contribution in [2.75, 3.05) is 26.2 Å². The fourth-order valence-corrected chi connectivity index (χ4v) is 2.71. The van der Waals surface area contributed by atoms with Crippen LogP contribution in [0.25, 0.3) is 5.69 Å². The number of rotatable bonds is 2. The quantitative estimate of drug-likeness (QED) is 0.848. The van der Waals surface area contributed by atoms with Crippen molar-refractivity contribution < 1.29 is 9.59 Å². The fourth-order valence-electron chi connectivity index (χ4n) is 2.71. The topological polar surface area (TPSA) is 45.6 Å². The Morgan fingerprint density at radius 2 is 1.55 bits per heavy atom. The van der Waals surface area contributed by atoms with Gasteiger partial charge in [-0.2, -0.15) is 0 Å². The molecule has 5 heteroatoms. The van der Waals surface area contributed by atoms with Crippen LogP contribution in [0.15, 0.2) is 48.8 Å². The molecule has 0 saturated carbocycles. The Balaban J connectivity index is 1.73. The Bertz CT molecular complexity index is 671. The molecule has 1 aromatic carbocycles. The van der Waals surface area contributed by atoms with Crippen molar-refractivity contribution in [3.05, 3.63) is 54.4 Å². The highest BCUT2D eigenvalue weighted by Crippen LogP contribution is 2.14. The summed E-state index contributed by atoms with van der Waals surface area (Å²) in [7, 11) is 0. The molecule has 1 aliphatic heterocycles. The van der Waals surface area contributed by atoms with E-state index >= 15 is 0 Å². The van der Waals surface area contributed by atoms with Gasteiger partial charge in [0.1, 0.15) is 0 Å². The maximum atomic E-state index is 12.6. The Morgan fingerprint density at radius 1 is 0.909 bits per heavy atom. The standard InChI is InChI=1S/C17H19N3O2/c1-14(21)18-9-11-20(12-10-18)17(22)15-5-4-6-16(13-15)19-7-2-3-8-19/h2-8,13H,9-12H2,1H3. The van der Waals surface area contributed by atoms with Crippen molar-refractivity contribution in [2.24, 2.45) is 0 Å². The number of piperazine rings is 1. The number of nitrogens with zero attached hydrogens (tertiary/aromatic N) is 3. The maximum Gasteiger partial charge on any atom is 0.254 e. The molecular formula is C17H19N3O2. The van der Waals surface area contributed by atoms with Crippen molar-refractivity contribution in [3.63, 3.8) is 0 Å². The second-order valence-corrected chi connectivity index (χ2v) is 5.44. The number of carbonyl (C=O) groups is 2. The first-order valence-corrected chi connectivity index (χ1v) is 7.43. The van der Waals surface area contributed by atoms with Gasteiger partial charge in [0.05, 0.1) is 0 Å². The van der Waals surface area contributed by atoms with Gasteiger partial charge in [0.15, 0.2) is 0 Å². The van der Waals surface area contributed by atoms with Crippen LogP contribution in [0.3, 0.4) is 0 Å². The molecule has 0 radical (unpaired) electrons. The maximum absolute atomic E-state index is 12.6. The molecule has 0 atom stereocenters. The lowest BCUT2D eigenvalue weighted by Gasteiger charge is -2.34. The predicted octanol–water partition coefficient (Wildman–Crippen LogP) is 1.78. The number of hydrogen-bond donors (Lipinski definition) is 0. The number of amides is 2. The minimum absolute atomic E-state index is 0.0252. The van der Waals surface area contributed by atoms with Gasteiger partial charge in [0.25, 0.3) is 5.91 Å². The van der Waals surface area contributed by atoms with Crippen LogP contribution < -0.4 is 0 Å². The van der Waals surface area contributed by atoms with Crippen LogP contribution in [0.2, 0.25) is 0 Å². The SMILES string of the molecule is CC(=O)N1CCN(C(=O)c2cccc(-n3cccc3)c2)CC1. The Labute approximate surface area is 129 Å². The summed E-state index contributed by atoms with van der Waals surface area (Å²) in [5, 5.41) is 0. The van der Waals surface area contributed by atoms with E-state index in [0.29, 0.717) is 31.7 Å². The van der Waals surface area contributed by atoms with E-state index in [4.69, 9.17) is 0 Å². The Morgan fingerprint density at radius 3 is 2.18 bits per heavy atom. The molecule has 0 aliphatic carbocycles. The van der Waals surface area contributed by atoms with E-state index in [0.717, 1.165) is 5.69 Å². The molecule has 2 heterocycles. The van der Waals surface area contributed by atoms with Gasteiger partial charge in [0, 0.05) is 56.7 Å². The molecule has 22 heavy (non-hydrogen) atoms. The average molecular weight is 297 g/mol. The minimum atomic E-state index is 0.0252. The zero-order chi connectivity index (χ0) is 15.5. The molecular weight excluding hydrogens is 278 g/mol. The molecule has 0 N–H and O–H groups in total. The first-order valence-electron chi connectivity index (χ1n) is 7.43. The van der Waals surface area contributed by atoms with Crippen LogP contribution in [0.1, 0.15) is 17.3 Å². The minimum Gasteiger partial charge on any atom is -0.339 e. The van der Waals surface area contributed by atoms with E-state index in [-0.39, 0.29) is 11.8 Å². The highest BCUT2D eigenvalue weighted by molar-refractivity contribution is 5.95. The van der Waals surface area contributed by atoms with Gasteiger partial charge >= 0.3 is 0 Å². The van der Waals surface area contributed by atoms with Crippen molar-refractivity contribution >= 4 is 11.8 Å². The lowest BCUT2D eigenvalue weighted by Crippen LogP contribution is -2.50. The molecule has 5 nitrogen and oxygen atoms in total. The normalized spacial score (nSPS) is 15.0. The lowest BCUT2D eigenvalue weighted by molar-refractivity contribution is -0.130. The summed E-state index contributed by atoms with van der Waals surface area (Å²) in [6.45, 7) is 3.97. The molecule has 0 bridgehead atoms. The number of benzene rings is 1. The summed E-state index contributed by atoms with van der Waals surface area (Å²) >= 11 is 0. The van der Waals surface area contributed by atoms with E-state index in [1.165, 1.54) is 0 Å². The molecule has 1 aliphatic rings. The lowest BCUT2D eigenvalue weighted by atomic mass is 10.1. The molecule has 1 fully saturated rings. The third kappa shape index (κ3) is 2.88. The highest BCUT2D eigenvalue weighted by Gasteiger charge is 2.23. The molecule has 1 saturated heterocycles. The second-order valence-electron chi connectivity index (χ2n) is 5.44. The van der Waals surface area contributed by atoms with Gasteiger partial charge in [0.2, 0.25) is 5.91 Å². The van der Waals surface area contributed by atoms with Gasteiger partial charge in [-0.3, -0.25) is 9.59 Å². The largest absolute Gasteiger partial charge is 0.339 e. The Kier molecular flexibility index (Phi) is 3.96. The predicted molar refractivity (Wildman–Crippen MR) is 83.9 cm³/mol. The van der Waals surface area contributed by atoms with Crippen LogP contribution in [0.4, 0.5) is 0 Å². The average Bonchev–Trinajstić information content (AvgIpc) is 3.09. The molecule has 2 aromatic rings. The molecule has 114 valence electrons. The van der Waals surface area contributed by atoms with Crippen LogP contribution in [-0.4, -0.2) is 52.4 Å². The Hall–Kier alpha value is -2.56. The van der Waals surface area contributed by atoms with Gasteiger partial charge < -0.3 is 14.4 Å². The smallest absolute Gasteiger partial charge is 0.254 e. The molecule has 2 amide bonds. The summed E-state index contributed by atoms with van der Waals surface area (Å²) in [5.74, 6) is 0.0962. The summed E-state index contributed by atoms with van der Waals surface area (Å²) < 4.78 is 1.98. The zero-order valence-corrected chi connectivity index (χ0v) is 12.6.